The third kappa shape index (κ3) is 4.50. The summed E-state index contributed by atoms with van der Waals surface area (Å²) in [4.78, 5) is 14.5. The number of tetrazole rings is 1. The Morgan fingerprint density at radius 2 is 1.93 bits per heavy atom. The van der Waals surface area contributed by atoms with Gasteiger partial charge in [0.25, 0.3) is 0 Å². The van der Waals surface area contributed by atoms with Gasteiger partial charge in [-0.25, -0.2) is 8.42 Å². The van der Waals surface area contributed by atoms with Gasteiger partial charge >= 0.3 is 0 Å². The lowest BCUT2D eigenvalue weighted by atomic mass is 10.3. The van der Waals surface area contributed by atoms with E-state index in [1.807, 2.05) is 17.5 Å². The molecule has 3 heterocycles. The number of morpholine rings is 1. The van der Waals surface area contributed by atoms with Crippen LogP contribution in [0.15, 0.2) is 46.7 Å². The third-order valence-electron chi connectivity index (χ3n) is 4.23. The first-order chi connectivity index (χ1) is 14.0. The summed E-state index contributed by atoms with van der Waals surface area (Å²) in [6.45, 7) is 1.33. The highest BCUT2D eigenvalue weighted by atomic mass is 32.2. The number of sulfonamides is 1. The minimum absolute atomic E-state index is 0.105. The summed E-state index contributed by atoms with van der Waals surface area (Å²) in [7, 11) is -3.57. The van der Waals surface area contributed by atoms with Gasteiger partial charge in [-0.1, -0.05) is 6.07 Å². The van der Waals surface area contributed by atoms with Crippen LogP contribution in [0, 0.1) is 0 Å². The van der Waals surface area contributed by atoms with Crippen LogP contribution in [0.1, 0.15) is 0 Å². The van der Waals surface area contributed by atoms with Crippen LogP contribution in [0.4, 0.5) is 5.69 Å². The highest BCUT2D eigenvalue weighted by Crippen LogP contribution is 2.20. The predicted molar refractivity (Wildman–Crippen MR) is 106 cm³/mol. The first-order valence-electron chi connectivity index (χ1n) is 8.82. The Hall–Kier alpha value is -2.67. The molecule has 152 valence electrons. The van der Waals surface area contributed by atoms with Crippen LogP contribution in [-0.2, 0) is 26.1 Å². The van der Waals surface area contributed by atoms with Crippen LogP contribution in [0.25, 0.3) is 10.7 Å². The molecule has 1 aliphatic rings. The highest BCUT2D eigenvalue weighted by Gasteiger charge is 2.26. The van der Waals surface area contributed by atoms with Gasteiger partial charge in [0.05, 0.1) is 23.0 Å². The Bertz CT molecular complexity index is 1070. The van der Waals surface area contributed by atoms with Gasteiger partial charge in [-0.2, -0.15) is 9.10 Å². The standard InChI is InChI=1S/C17H18N6O4S2/c24-16(12-23-20-17(19-21-23)15-2-1-11-28-15)18-13-3-5-14(6-4-13)29(25,26)22-7-9-27-10-8-22/h1-6,11H,7-10,12H2,(H,18,24). The van der Waals surface area contributed by atoms with Crippen LogP contribution in [0.2, 0.25) is 0 Å². The number of nitrogens with zero attached hydrogens (tertiary/aromatic N) is 5. The van der Waals surface area contributed by atoms with Crippen LogP contribution in [0.5, 0.6) is 0 Å². The second-order valence-electron chi connectivity index (χ2n) is 6.21. The summed E-state index contributed by atoms with van der Waals surface area (Å²) in [5.74, 6) is 0.120. The van der Waals surface area contributed by atoms with Crippen molar-refractivity contribution in [1.29, 1.82) is 0 Å². The zero-order chi connectivity index (χ0) is 20.3. The Labute approximate surface area is 171 Å². The second kappa shape index (κ2) is 8.37. The van der Waals surface area contributed by atoms with Crippen molar-refractivity contribution in [3.63, 3.8) is 0 Å². The normalized spacial score (nSPS) is 15.3. The molecule has 1 fully saturated rings. The van der Waals surface area contributed by atoms with E-state index in [-0.39, 0.29) is 17.3 Å². The number of amides is 1. The number of carbonyl (C=O) groups excluding carboxylic acids is 1. The molecule has 10 nitrogen and oxygen atoms in total. The van der Waals surface area contributed by atoms with E-state index in [1.165, 1.54) is 32.6 Å². The minimum atomic E-state index is -3.57. The fourth-order valence-electron chi connectivity index (χ4n) is 2.79. The SMILES string of the molecule is O=C(Cn1nnc(-c2cccs2)n1)Nc1ccc(S(=O)(=O)N2CCOCC2)cc1. The summed E-state index contributed by atoms with van der Waals surface area (Å²) in [6.07, 6.45) is 0. The Morgan fingerprint density at radius 1 is 1.17 bits per heavy atom. The summed E-state index contributed by atoms with van der Waals surface area (Å²) < 4.78 is 31.8. The molecule has 0 aliphatic carbocycles. The van der Waals surface area contributed by atoms with Crippen molar-refractivity contribution in [2.45, 2.75) is 11.4 Å². The number of hydrogen-bond acceptors (Lipinski definition) is 8. The van der Waals surface area contributed by atoms with E-state index >= 15 is 0 Å². The molecule has 0 spiro atoms. The van der Waals surface area contributed by atoms with Gasteiger partial charge in [0.2, 0.25) is 21.8 Å². The molecule has 0 radical (unpaired) electrons. The quantitative estimate of drug-likeness (QED) is 0.616. The van der Waals surface area contributed by atoms with Gasteiger partial charge in [-0.15, -0.1) is 21.5 Å². The molecule has 4 rings (SSSR count). The lowest BCUT2D eigenvalue weighted by Gasteiger charge is -2.26. The first kappa shape index (κ1) is 19.6. The molecule has 0 atom stereocenters. The predicted octanol–water partition coefficient (Wildman–Crippen LogP) is 1.06. The number of hydrogen-bond donors (Lipinski definition) is 1. The molecule has 3 aromatic rings. The first-order valence-corrected chi connectivity index (χ1v) is 11.1. The summed E-state index contributed by atoms with van der Waals surface area (Å²) in [6, 6.07) is 9.81. The number of nitrogens with one attached hydrogen (secondary N) is 1. The van der Waals surface area contributed by atoms with E-state index < -0.39 is 10.0 Å². The van der Waals surface area contributed by atoms with Crippen molar-refractivity contribution in [1.82, 2.24) is 24.5 Å². The van der Waals surface area contributed by atoms with Gasteiger partial charge in [0.1, 0.15) is 6.54 Å². The van der Waals surface area contributed by atoms with Crippen LogP contribution < -0.4 is 5.32 Å². The van der Waals surface area contributed by atoms with Gasteiger partial charge in [0.15, 0.2) is 0 Å². The lowest BCUT2D eigenvalue weighted by molar-refractivity contribution is -0.117. The average Bonchev–Trinajstić information content (AvgIpc) is 3.41. The molecular formula is C17H18N6O4S2. The van der Waals surface area contributed by atoms with E-state index in [4.69, 9.17) is 4.74 Å². The van der Waals surface area contributed by atoms with Gasteiger partial charge in [-0.3, -0.25) is 4.79 Å². The number of aromatic nitrogens is 4. The van der Waals surface area contributed by atoms with Crippen molar-refractivity contribution in [2.75, 3.05) is 31.6 Å². The Balaban J connectivity index is 1.38. The fraction of sp³-hybridized carbons (Fsp3) is 0.294. The number of rotatable bonds is 6. The molecule has 29 heavy (non-hydrogen) atoms. The summed E-state index contributed by atoms with van der Waals surface area (Å²) in [5, 5.41) is 16.6. The molecule has 1 N–H and O–H groups in total. The maximum absolute atomic E-state index is 12.6. The molecule has 0 saturated carbocycles. The van der Waals surface area contributed by atoms with Crippen LogP contribution >= 0.6 is 11.3 Å². The van der Waals surface area contributed by atoms with E-state index in [1.54, 1.807) is 12.1 Å². The van der Waals surface area contributed by atoms with Gasteiger partial charge in [0, 0.05) is 18.8 Å². The third-order valence-corrected chi connectivity index (χ3v) is 7.00. The van der Waals surface area contributed by atoms with Crippen molar-refractivity contribution < 1.29 is 17.9 Å². The van der Waals surface area contributed by atoms with Gasteiger partial charge < -0.3 is 10.1 Å². The molecule has 1 saturated heterocycles. The maximum atomic E-state index is 12.6. The van der Waals surface area contributed by atoms with Crippen molar-refractivity contribution in [3.8, 4) is 10.7 Å². The zero-order valence-electron chi connectivity index (χ0n) is 15.3. The largest absolute Gasteiger partial charge is 0.379 e. The second-order valence-corrected chi connectivity index (χ2v) is 9.10. The Morgan fingerprint density at radius 3 is 2.62 bits per heavy atom. The molecule has 1 aromatic carbocycles. The van der Waals surface area contributed by atoms with E-state index in [0.717, 1.165) is 4.88 Å². The van der Waals surface area contributed by atoms with Crippen molar-refractivity contribution in [3.05, 3.63) is 41.8 Å². The fourth-order valence-corrected chi connectivity index (χ4v) is 4.85. The van der Waals surface area contributed by atoms with Crippen LogP contribution in [-0.4, -0.2) is 65.1 Å². The van der Waals surface area contributed by atoms with Gasteiger partial charge in [-0.05, 0) is 40.9 Å². The number of thiophene rings is 1. The molecular weight excluding hydrogens is 416 g/mol. The van der Waals surface area contributed by atoms with E-state index in [0.29, 0.717) is 37.8 Å². The van der Waals surface area contributed by atoms with E-state index in [9.17, 15) is 13.2 Å². The summed E-state index contributed by atoms with van der Waals surface area (Å²) in [5.41, 5.74) is 0.481. The van der Waals surface area contributed by atoms with Crippen molar-refractivity contribution >= 4 is 33.0 Å². The van der Waals surface area contributed by atoms with Crippen LogP contribution in [0.3, 0.4) is 0 Å². The number of ether oxygens (including phenoxy) is 1. The average molecular weight is 435 g/mol. The molecule has 0 bridgehead atoms. The monoisotopic (exact) mass is 434 g/mol. The lowest BCUT2D eigenvalue weighted by Crippen LogP contribution is -2.40. The highest BCUT2D eigenvalue weighted by molar-refractivity contribution is 7.89. The van der Waals surface area contributed by atoms with Crippen molar-refractivity contribution in [2.24, 2.45) is 0 Å². The number of anilines is 1. The Kier molecular flexibility index (Phi) is 5.67. The minimum Gasteiger partial charge on any atom is -0.379 e. The number of carbonyl (C=O) groups is 1. The zero-order valence-corrected chi connectivity index (χ0v) is 16.9. The molecule has 0 unspecified atom stereocenters. The van der Waals surface area contributed by atoms with E-state index in [2.05, 4.69) is 20.7 Å². The molecule has 1 aliphatic heterocycles. The molecule has 2 aromatic heterocycles. The molecule has 1 amide bonds. The molecule has 12 heteroatoms. The smallest absolute Gasteiger partial charge is 0.248 e. The number of benzene rings is 1. The topological polar surface area (TPSA) is 119 Å². The summed E-state index contributed by atoms with van der Waals surface area (Å²) >= 11 is 1.49. The maximum Gasteiger partial charge on any atom is 0.248 e.